The Labute approximate surface area is 99.8 Å². The highest BCUT2D eigenvalue weighted by molar-refractivity contribution is 7.90. The average molecular weight is 252 g/mol. The Kier molecular flexibility index (Phi) is 2.66. The van der Waals surface area contributed by atoms with Crippen LogP contribution in [0.5, 0.6) is 0 Å². The number of sulfonamides is 1. The van der Waals surface area contributed by atoms with E-state index in [9.17, 15) is 13.2 Å². The van der Waals surface area contributed by atoms with E-state index in [1.54, 1.807) is 13.1 Å². The van der Waals surface area contributed by atoms with Crippen molar-refractivity contribution < 1.29 is 13.2 Å². The fourth-order valence-corrected chi connectivity index (χ4v) is 3.29. The van der Waals surface area contributed by atoms with E-state index in [1.165, 1.54) is 18.2 Å². The molecule has 0 fully saturated rings. The van der Waals surface area contributed by atoms with E-state index in [-0.39, 0.29) is 17.0 Å². The Hall–Kier alpha value is -1.82. The number of benzene rings is 1. The van der Waals surface area contributed by atoms with Crippen molar-refractivity contribution in [1.82, 2.24) is 4.31 Å². The van der Waals surface area contributed by atoms with Gasteiger partial charge in [0, 0.05) is 12.7 Å². The summed E-state index contributed by atoms with van der Waals surface area (Å²) in [6, 6.07) is 4.65. The fraction of sp³-hybridized carbons (Fsp3) is 0.182. The van der Waals surface area contributed by atoms with Crippen molar-refractivity contribution in [2.24, 2.45) is 0 Å². The van der Waals surface area contributed by atoms with E-state index in [4.69, 9.17) is 0 Å². The summed E-state index contributed by atoms with van der Waals surface area (Å²) in [5.74, 6) is -0.498. The van der Waals surface area contributed by atoms with Crippen LogP contribution in [0.25, 0.3) is 0 Å². The molecule has 0 unspecified atom stereocenters. The maximum Gasteiger partial charge on any atom is 0.269 e. The second-order valence-electron chi connectivity index (χ2n) is 3.59. The highest BCUT2D eigenvalue weighted by Crippen LogP contribution is 2.31. The zero-order valence-corrected chi connectivity index (χ0v) is 10.1. The van der Waals surface area contributed by atoms with Crippen molar-refractivity contribution in [2.75, 3.05) is 18.9 Å². The Morgan fingerprint density at radius 1 is 1.47 bits per heavy atom. The molecule has 1 aliphatic heterocycles. The zero-order valence-electron chi connectivity index (χ0n) is 9.30. The molecule has 0 bridgehead atoms. The Bertz CT molecular complexity index is 593. The van der Waals surface area contributed by atoms with Gasteiger partial charge in [0.1, 0.15) is 4.90 Å². The van der Waals surface area contributed by atoms with E-state index in [0.29, 0.717) is 5.69 Å². The highest BCUT2D eigenvalue weighted by Gasteiger charge is 2.40. The number of carbonyl (C=O) groups is 1. The number of rotatable bonds is 3. The first-order chi connectivity index (χ1) is 8.02. The molecule has 6 heteroatoms. The van der Waals surface area contributed by atoms with E-state index in [2.05, 4.69) is 11.9 Å². The average Bonchev–Trinajstić information content (AvgIpc) is 2.51. The van der Waals surface area contributed by atoms with Crippen molar-refractivity contribution in [3.05, 3.63) is 36.4 Å². The van der Waals surface area contributed by atoms with Gasteiger partial charge in [0.05, 0.1) is 12.1 Å². The van der Waals surface area contributed by atoms with Gasteiger partial charge in [-0.15, -0.1) is 6.58 Å². The third-order valence-electron chi connectivity index (χ3n) is 2.59. The standard InChI is InChI=1S/C11H12N2O3S/c1-3-6-13-11(14)9-5-4-8(12-2)7-10(9)17(13,15)16/h3-5,7,12H,1,6H2,2H3. The molecule has 1 aromatic rings. The smallest absolute Gasteiger partial charge is 0.269 e. The summed E-state index contributed by atoms with van der Waals surface area (Å²) in [6.07, 6.45) is 1.39. The summed E-state index contributed by atoms with van der Waals surface area (Å²) < 4.78 is 25.0. The maximum absolute atomic E-state index is 12.1. The van der Waals surface area contributed by atoms with Crippen molar-refractivity contribution in [3.8, 4) is 0 Å². The molecular weight excluding hydrogens is 240 g/mol. The monoisotopic (exact) mass is 252 g/mol. The van der Waals surface area contributed by atoms with Gasteiger partial charge in [0.15, 0.2) is 0 Å². The van der Waals surface area contributed by atoms with Crippen LogP contribution >= 0.6 is 0 Å². The zero-order chi connectivity index (χ0) is 12.6. The number of hydrogen-bond donors (Lipinski definition) is 1. The van der Waals surface area contributed by atoms with Gasteiger partial charge in [0.2, 0.25) is 0 Å². The first-order valence-corrected chi connectivity index (χ1v) is 6.46. The van der Waals surface area contributed by atoms with Crippen molar-refractivity contribution in [1.29, 1.82) is 0 Å². The molecule has 5 nitrogen and oxygen atoms in total. The van der Waals surface area contributed by atoms with E-state index < -0.39 is 15.9 Å². The van der Waals surface area contributed by atoms with Gasteiger partial charge in [-0.2, -0.15) is 0 Å². The lowest BCUT2D eigenvalue weighted by atomic mass is 10.2. The predicted octanol–water partition coefficient (Wildman–Crippen LogP) is 1.06. The van der Waals surface area contributed by atoms with Gasteiger partial charge < -0.3 is 5.32 Å². The molecule has 0 radical (unpaired) electrons. The van der Waals surface area contributed by atoms with Crippen LogP contribution in [0.3, 0.4) is 0 Å². The summed E-state index contributed by atoms with van der Waals surface area (Å²) >= 11 is 0. The number of amides is 1. The first-order valence-electron chi connectivity index (χ1n) is 5.02. The van der Waals surface area contributed by atoms with Crippen molar-refractivity contribution in [2.45, 2.75) is 4.90 Å². The molecule has 0 saturated carbocycles. The summed E-state index contributed by atoms with van der Waals surface area (Å²) in [7, 11) is -2.03. The minimum Gasteiger partial charge on any atom is -0.388 e. The predicted molar refractivity (Wildman–Crippen MR) is 64.4 cm³/mol. The molecule has 1 heterocycles. The quantitative estimate of drug-likeness (QED) is 0.817. The lowest BCUT2D eigenvalue weighted by Gasteiger charge is -2.11. The largest absolute Gasteiger partial charge is 0.388 e. The number of anilines is 1. The second-order valence-corrected chi connectivity index (χ2v) is 5.42. The van der Waals surface area contributed by atoms with E-state index >= 15 is 0 Å². The Morgan fingerprint density at radius 3 is 2.76 bits per heavy atom. The van der Waals surface area contributed by atoms with E-state index in [0.717, 1.165) is 4.31 Å². The minimum atomic E-state index is -3.72. The number of carbonyl (C=O) groups excluding carboxylic acids is 1. The van der Waals surface area contributed by atoms with Gasteiger partial charge in [-0.05, 0) is 18.2 Å². The van der Waals surface area contributed by atoms with Gasteiger partial charge >= 0.3 is 0 Å². The van der Waals surface area contributed by atoms with Crippen molar-refractivity contribution >= 4 is 21.6 Å². The molecule has 0 atom stereocenters. The number of nitrogens with one attached hydrogen (secondary N) is 1. The number of hydrogen-bond acceptors (Lipinski definition) is 4. The lowest BCUT2D eigenvalue weighted by molar-refractivity contribution is 0.0880. The number of nitrogens with zero attached hydrogens (tertiary/aromatic N) is 1. The molecule has 1 amide bonds. The minimum absolute atomic E-state index is 0.00919. The summed E-state index contributed by atoms with van der Waals surface area (Å²) in [5, 5.41) is 2.84. The van der Waals surface area contributed by atoms with Crippen molar-refractivity contribution in [3.63, 3.8) is 0 Å². The van der Waals surface area contributed by atoms with Crippen LogP contribution in [-0.4, -0.2) is 32.2 Å². The number of fused-ring (bicyclic) bond motifs is 1. The molecule has 0 aliphatic carbocycles. The third-order valence-corrected chi connectivity index (χ3v) is 4.38. The summed E-state index contributed by atoms with van der Waals surface area (Å²) in [4.78, 5) is 11.9. The normalized spacial score (nSPS) is 16.8. The molecular formula is C11H12N2O3S. The molecule has 0 aromatic heterocycles. The molecule has 2 rings (SSSR count). The lowest BCUT2D eigenvalue weighted by Crippen LogP contribution is -2.29. The SMILES string of the molecule is C=CCN1C(=O)c2ccc(NC)cc2S1(=O)=O. The Balaban J connectivity index is 2.63. The van der Waals surface area contributed by atoms with Gasteiger partial charge in [0.25, 0.3) is 15.9 Å². The molecule has 1 N–H and O–H groups in total. The van der Waals surface area contributed by atoms with Crippen LogP contribution in [0, 0.1) is 0 Å². The highest BCUT2D eigenvalue weighted by atomic mass is 32.2. The van der Waals surface area contributed by atoms with Crippen LogP contribution in [0.2, 0.25) is 0 Å². The van der Waals surface area contributed by atoms with Crippen LogP contribution in [-0.2, 0) is 10.0 Å². The van der Waals surface area contributed by atoms with Gasteiger partial charge in [-0.25, -0.2) is 12.7 Å². The molecule has 0 saturated heterocycles. The second kappa shape index (κ2) is 3.89. The Morgan fingerprint density at radius 2 is 2.18 bits per heavy atom. The third kappa shape index (κ3) is 1.61. The van der Waals surface area contributed by atoms with Crippen LogP contribution in [0.1, 0.15) is 10.4 Å². The molecule has 17 heavy (non-hydrogen) atoms. The van der Waals surface area contributed by atoms with Gasteiger partial charge in [-0.1, -0.05) is 6.08 Å². The van der Waals surface area contributed by atoms with Crippen LogP contribution < -0.4 is 5.32 Å². The van der Waals surface area contributed by atoms with Crippen LogP contribution in [0.15, 0.2) is 35.7 Å². The molecule has 0 spiro atoms. The fourth-order valence-electron chi connectivity index (χ4n) is 1.73. The molecule has 90 valence electrons. The summed E-state index contributed by atoms with van der Waals surface area (Å²) in [6.45, 7) is 3.44. The maximum atomic E-state index is 12.1. The molecule has 1 aliphatic rings. The van der Waals surface area contributed by atoms with E-state index in [1.807, 2.05) is 0 Å². The van der Waals surface area contributed by atoms with Crippen LogP contribution in [0.4, 0.5) is 5.69 Å². The summed E-state index contributed by atoms with van der Waals surface area (Å²) in [5.41, 5.74) is 0.867. The topological polar surface area (TPSA) is 66.5 Å². The van der Waals surface area contributed by atoms with Gasteiger partial charge in [-0.3, -0.25) is 4.79 Å². The first kappa shape index (κ1) is 11.7. The molecule has 1 aromatic carbocycles.